The maximum Gasteiger partial charge on any atom is 0.243 e. The molecule has 0 unspecified atom stereocenters. The largest absolute Gasteiger partial charge is 0.381 e. The highest BCUT2D eigenvalue weighted by atomic mass is 19.1. The maximum atomic E-state index is 13.7. The molecule has 0 bridgehead atoms. The average molecular weight is 570 g/mol. The van der Waals surface area contributed by atoms with Crippen molar-refractivity contribution in [2.75, 3.05) is 59.2 Å². The van der Waals surface area contributed by atoms with E-state index in [1.165, 1.54) is 12.3 Å². The third-order valence-electron chi connectivity index (χ3n) is 9.63. The molecule has 9 nitrogen and oxygen atoms in total. The number of likely N-dealkylation sites (tertiary alicyclic amines) is 2. The van der Waals surface area contributed by atoms with Gasteiger partial charge in [-0.05, 0) is 75.3 Å². The molecule has 0 atom stereocenters. The zero-order chi connectivity index (χ0) is 28.7. The summed E-state index contributed by atoms with van der Waals surface area (Å²) in [7, 11) is 0. The van der Waals surface area contributed by atoms with Crippen molar-refractivity contribution in [3.05, 3.63) is 29.8 Å². The van der Waals surface area contributed by atoms with Crippen LogP contribution in [0.15, 0.2) is 18.3 Å². The van der Waals surface area contributed by atoms with Gasteiger partial charge in [0.25, 0.3) is 0 Å². The molecule has 5 rings (SSSR count). The number of carbonyl (C=O) groups excluding carboxylic acids is 2. The molecule has 4 aliphatic heterocycles. The van der Waals surface area contributed by atoms with Crippen molar-refractivity contribution < 1.29 is 23.5 Å². The van der Waals surface area contributed by atoms with Crippen LogP contribution in [0.3, 0.4) is 0 Å². The molecular formula is C31H44FN5O4. The fourth-order valence-corrected chi connectivity index (χ4v) is 6.88. The molecule has 0 N–H and O–H groups in total. The Morgan fingerprint density at radius 2 is 1.61 bits per heavy atom. The lowest BCUT2D eigenvalue weighted by molar-refractivity contribution is -0.144. The molecule has 0 aliphatic carbocycles. The standard InChI is InChI=1S/C31H44FN5O4/c32-26-1-2-27(34-20-26)22-37(29(38)19-24-5-15-40-16-6-24)28-3-11-36(12-4-28)30(39)31(23-33)9-13-35(14-10-31)21-25-7-17-41-18-8-25/h1-2,20,24-25,28H,3-19,21-22H2. The SMILES string of the molecule is N#CC1(C(=O)N2CCC(N(Cc3ccc(F)cn3)C(=O)CC3CCOCC3)CC2)CCN(CC2CCOCC2)CC1. The van der Waals surface area contributed by atoms with Crippen molar-refractivity contribution >= 4 is 11.8 Å². The number of nitriles is 1. The van der Waals surface area contributed by atoms with E-state index >= 15 is 0 Å². The van der Waals surface area contributed by atoms with Crippen molar-refractivity contribution in [3.8, 4) is 6.07 Å². The third-order valence-corrected chi connectivity index (χ3v) is 9.63. The van der Waals surface area contributed by atoms with E-state index in [1.54, 1.807) is 6.07 Å². The predicted octanol–water partition coefficient (Wildman–Crippen LogP) is 3.39. The Hall–Kier alpha value is -2.61. The quantitative estimate of drug-likeness (QED) is 0.473. The van der Waals surface area contributed by atoms with E-state index in [0.29, 0.717) is 82.5 Å². The number of amides is 2. The average Bonchev–Trinajstić information content (AvgIpc) is 3.02. The number of piperidine rings is 2. The Morgan fingerprint density at radius 3 is 2.20 bits per heavy atom. The van der Waals surface area contributed by atoms with Crippen LogP contribution in [0.25, 0.3) is 0 Å². The summed E-state index contributed by atoms with van der Waals surface area (Å²) in [5.74, 6) is 0.564. The van der Waals surface area contributed by atoms with Gasteiger partial charge in [0.05, 0.1) is 24.5 Å². The second kappa shape index (κ2) is 14.0. The van der Waals surface area contributed by atoms with Crippen LogP contribution in [0.4, 0.5) is 4.39 Å². The first kappa shape index (κ1) is 29.9. The minimum Gasteiger partial charge on any atom is -0.381 e. The fraction of sp³-hybridized carbons (Fsp3) is 0.742. The molecule has 4 fully saturated rings. The number of carbonyl (C=O) groups is 2. The van der Waals surface area contributed by atoms with Gasteiger partial charge in [-0.25, -0.2) is 4.39 Å². The van der Waals surface area contributed by atoms with Crippen LogP contribution in [0.1, 0.15) is 63.5 Å². The zero-order valence-electron chi connectivity index (χ0n) is 24.1. The Balaban J connectivity index is 1.18. The molecule has 41 heavy (non-hydrogen) atoms. The number of ether oxygens (including phenoxy) is 2. The molecule has 4 aliphatic rings. The van der Waals surface area contributed by atoms with Gasteiger partial charge in [0.2, 0.25) is 11.8 Å². The summed E-state index contributed by atoms with van der Waals surface area (Å²) in [6, 6.07) is 5.40. The van der Waals surface area contributed by atoms with Gasteiger partial charge in [0, 0.05) is 71.6 Å². The predicted molar refractivity (Wildman–Crippen MR) is 150 cm³/mol. The molecule has 10 heteroatoms. The highest BCUT2D eigenvalue weighted by Crippen LogP contribution is 2.35. The minimum atomic E-state index is -0.963. The summed E-state index contributed by atoms with van der Waals surface area (Å²) in [6.07, 6.45) is 8.02. The van der Waals surface area contributed by atoms with Gasteiger partial charge in [-0.2, -0.15) is 5.26 Å². The van der Waals surface area contributed by atoms with Gasteiger partial charge < -0.3 is 24.2 Å². The Kier molecular flexibility index (Phi) is 10.2. The van der Waals surface area contributed by atoms with Crippen LogP contribution in [-0.4, -0.2) is 96.7 Å². The second-order valence-corrected chi connectivity index (χ2v) is 12.3. The lowest BCUT2D eigenvalue weighted by atomic mass is 9.77. The van der Waals surface area contributed by atoms with E-state index < -0.39 is 11.2 Å². The highest BCUT2D eigenvalue weighted by molar-refractivity contribution is 5.86. The number of halogens is 1. The molecule has 0 radical (unpaired) electrons. The van der Waals surface area contributed by atoms with E-state index in [9.17, 15) is 19.2 Å². The van der Waals surface area contributed by atoms with Gasteiger partial charge in [0.1, 0.15) is 11.2 Å². The molecule has 224 valence electrons. The first-order valence-corrected chi connectivity index (χ1v) is 15.4. The summed E-state index contributed by atoms with van der Waals surface area (Å²) in [5, 5.41) is 10.2. The van der Waals surface area contributed by atoms with Crippen molar-refractivity contribution in [2.24, 2.45) is 17.3 Å². The molecule has 0 saturated carbocycles. The van der Waals surface area contributed by atoms with Crippen LogP contribution >= 0.6 is 0 Å². The van der Waals surface area contributed by atoms with Crippen LogP contribution < -0.4 is 0 Å². The summed E-state index contributed by atoms with van der Waals surface area (Å²) in [5.41, 5.74) is -0.309. The number of nitrogens with zero attached hydrogens (tertiary/aromatic N) is 5. The van der Waals surface area contributed by atoms with Crippen molar-refractivity contribution in [1.29, 1.82) is 5.26 Å². The third kappa shape index (κ3) is 7.62. The smallest absolute Gasteiger partial charge is 0.243 e. The summed E-state index contributed by atoms with van der Waals surface area (Å²) >= 11 is 0. The normalized spacial score (nSPS) is 23.2. The van der Waals surface area contributed by atoms with E-state index in [-0.39, 0.29) is 17.9 Å². The van der Waals surface area contributed by atoms with Crippen LogP contribution in [0, 0.1) is 34.4 Å². The monoisotopic (exact) mass is 569 g/mol. The fourth-order valence-electron chi connectivity index (χ4n) is 6.88. The Bertz CT molecular complexity index is 1050. The number of hydrogen-bond acceptors (Lipinski definition) is 7. The summed E-state index contributed by atoms with van der Waals surface area (Å²) in [6.45, 7) is 6.96. The first-order valence-electron chi connectivity index (χ1n) is 15.4. The van der Waals surface area contributed by atoms with Crippen molar-refractivity contribution in [3.63, 3.8) is 0 Å². The number of rotatable bonds is 8. The van der Waals surface area contributed by atoms with E-state index in [2.05, 4.69) is 16.0 Å². The summed E-state index contributed by atoms with van der Waals surface area (Å²) in [4.78, 5) is 37.7. The Morgan fingerprint density at radius 1 is 0.976 bits per heavy atom. The zero-order valence-corrected chi connectivity index (χ0v) is 24.1. The molecule has 2 amide bonds. The number of pyridine rings is 1. The van der Waals surface area contributed by atoms with E-state index in [1.807, 2.05) is 9.80 Å². The van der Waals surface area contributed by atoms with Gasteiger partial charge >= 0.3 is 0 Å². The lowest BCUT2D eigenvalue weighted by Gasteiger charge is -2.43. The van der Waals surface area contributed by atoms with Crippen LogP contribution in [0.2, 0.25) is 0 Å². The van der Waals surface area contributed by atoms with Crippen molar-refractivity contribution in [2.45, 2.75) is 70.4 Å². The molecular weight excluding hydrogens is 525 g/mol. The molecule has 0 spiro atoms. The van der Waals surface area contributed by atoms with E-state index in [0.717, 1.165) is 58.5 Å². The van der Waals surface area contributed by atoms with E-state index in [4.69, 9.17) is 9.47 Å². The first-order chi connectivity index (χ1) is 20.0. The molecule has 5 heterocycles. The second-order valence-electron chi connectivity index (χ2n) is 12.3. The molecule has 4 saturated heterocycles. The highest BCUT2D eigenvalue weighted by Gasteiger charge is 2.45. The molecule has 1 aromatic rings. The van der Waals surface area contributed by atoms with Crippen LogP contribution in [0.5, 0.6) is 0 Å². The Labute approximate surface area is 243 Å². The van der Waals surface area contributed by atoms with Crippen LogP contribution in [-0.2, 0) is 25.6 Å². The summed E-state index contributed by atoms with van der Waals surface area (Å²) < 4.78 is 24.4. The molecule has 1 aromatic heterocycles. The van der Waals surface area contributed by atoms with Gasteiger partial charge in [0.15, 0.2) is 0 Å². The minimum absolute atomic E-state index is 0.0300. The van der Waals surface area contributed by atoms with Gasteiger partial charge in [-0.15, -0.1) is 0 Å². The lowest BCUT2D eigenvalue weighted by Crippen LogP contribution is -2.54. The number of hydrogen-bond donors (Lipinski definition) is 0. The topological polar surface area (TPSA) is 99.0 Å². The number of aromatic nitrogens is 1. The molecule has 0 aromatic carbocycles. The maximum absolute atomic E-state index is 13.7. The van der Waals surface area contributed by atoms with Gasteiger partial charge in [-0.1, -0.05) is 0 Å². The van der Waals surface area contributed by atoms with Gasteiger partial charge in [-0.3, -0.25) is 14.6 Å². The van der Waals surface area contributed by atoms with Crippen molar-refractivity contribution in [1.82, 2.24) is 19.7 Å².